The lowest BCUT2D eigenvalue weighted by Crippen LogP contribution is -2.01. The summed E-state index contributed by atoms with van der Waals surface area (Å²) in [4.78, 5) is 22.8. The zero-order valence-corrected chi connectivity index (χ0v) is 12.3. The van der Waals surface area contributed by atoms with Gasteiger partial charge in [0.1, 0.15) is 6.61 Å². The summed E-state index contributed by atoms with van der Waals surface area (Å²) in [7, 11) is 0. The van der Waals surface area contributed by atoms with Crippen LogP contribution in [-0.4, -0.2) is 11.2 Å². The summed E-state index contributed by atoms with van der Waals surface area (Å²) >= 11 is 5.52. The van der Waals surface area contributed by atoms with Gasteiger partial charge in [-0.1, -0.05) is 50.3 Å². The molecule has 1 aromatic carbocycles. The van der Waals surface area contributed by atoms with Crippen LogP contribution in [0.25, 0.3) is 0 Å². The molecular formula is C16H17ClO3. The van der Waals surface area contributed by atoms with Crippen molar-refractivity contribution < 1.29 is 14.3 Å². The molecule has 3 nitrogen and oxygen atoms in total. The summed E-state index contributed by atoms with van der Waals surface area (Å²) in [6.45, 7) is 4.17. The van der Waals surface area contributed by atoms with E-state index in [4.69, 9.17) is 16.3 Å². The van der Waals surface area contributed by atoms with Gasteiger partial charge >= 0.3 is 5.97 Å². The Morgan fingerprint density at radius 3 is 2.50 bits per heavy atom. The maximum absolute atomic E-state index is 11.6. The topological polar surface area (TPSA) is 43.4 Å². The summed E-state index contributed by atoms with van der Waals surface area (Å²) in [5.41, 5.74) is 0.768. The molecule has 0 spiro atoms. The predicted octanol–water partition coefficient (Wildman–Crippen LogP) is 3.32. The molecule has 0 N–H and O–H groups in total. The third-order valence-electron chi connectivity index (χ3n) is 3.82. The van der Waals surface area contributed by atoms with Crippen LogP contribution < -0.4 is 0 Å². The van der Waals surface area contributed by atoms with Crippen molar-refractivity contribution in [2.75, 3.05) is 0 Å². The average molecular weight is 293 g/mol. The summed E-state index contributed by atoms with van der Waals surface area (Å²) in [6, 6.07) is 9.47. The van der Waals surface area contributed by atoms with Gasteiger partial charge in [-0.25, -0.2) is 4.79 Å². The summed E-state index contributed by atoms with van der Waals surface area (Å²) < 4.78 is 5.13. The van der Waals surface area contributed by atoms with Crippen LogP contribution in [0.3, 0.4) is 0 Å². The molecule has 0 heterocycles. The highest BCUT2D eigenvalue weighted by atomic mass is 35.5. The molecule has 0 amide bonds. The third-order valence-corrected chi connectivity index (χ3v) is 4.05. The lowest BCUT2D eigenvalue weighted by Gasteiger charge is -2.01. The first-order valence-electron chi connectivity index (χ1n) is 6.51. The van der Waals surface area contributed by atoms with Gasteiger partial charge in [-0.2, -0.15) is 0 Å². The van der Waals surface area contributed by atoms with E-state index in [-0.39, 0.29) is 29.1 Å². The second-order valence-corrected chi connectivity index (χ2v) is 5.95. The number of carbonyl (C=O) groups excluding carboxylic acids is 2. The number of benzene rings is 1. The Hall–Kier alpha value is -1.61. The number of ether oxygens (including phenoxy) is 1. The Balaban J connectivity index is 1.84. The van der Waals surface area contributed by atoms with E-state index >= 15 is 0 Å². The standard InChI is InChI=1S/C16H17ClO3/c1-16(2)12(14(16)15(17)19)8-9-13(18)20-10-11-6-4-3-5-7-11/h3-9,12,14H,10H2,1-2H3. The van der Waals surface area contributed by atoms with E-state index in [2.05, 4.69) is 0 Å². The van der Waals surface area contributed by atoms with Crippen LogP contribution in [0.2, 0.25) is 0 Å². The first-order valence-corrected chi connectivity index (χ1v) is 6.89. The number of hydrogen-bond acceptors (Lipinski definition) is 3. The van der Waals surface area contributed by atoms with E-state index < -0.39 is 5.97 Å². The van der Waals surface area contributed by atoms with E-state index in [0.29, 0.717) is 0 Å². The van der Waals surface area contributed by atoms with Crippen molar-refractivity contribution in [2.45, 2.75) is 20.5 Å². The molecule has 1 aromatic rings. The van der Waals surface area contributed by atoms with Gasteiger partial charge in [0.15, 0.2) is 0 Å². The van der Waals surface area contributed by atoms with Crippen LogP contribution in [0.4, 0.5) is 0 Å². The second kappa shape index (κ2) is 5.80. The molecule has 2 atom stereocenters. The lowest BCUT2D eigenvalue weighted by molar-refractivity contribution is -0.139. The number of esters is 1. The molecule has 1 aliphatic rings. The summed E-state index contributed by atoms with van der Waals surface area (Å²) in [5, 5.41) is -0.345. The normalized spacial score (nSPS) is 23.6. The molecule has 0 saturated heterocycles. The van der Waals surface area contributed by atoms with E-state index in [1.165, 1.54) is 6.08 Å². The fraction of sp³-hybridized carbons (Fsp3) is 0.375. The maximum atomic E-state index is 11.6. The lowest BCUT2D eigenvalue weighted by atomic mass is 10.1. The van der Waals surface area contributed by atoms with Gasteiger partial charge in [0, 0.05) is 12.0 Å². The number of allylic oxidation sites excluding steroid dienone is 1. The third kappa shape index (κ3) is 3.28. The van der Waals surface area contributed by atoms with Gasteiger partial charge in [0.25, 0.3) is 0 Å². The van der Waals surface area contributed by atoms with Crippen LogP contribution in [0, 0.1) is 17.3 Å². The molecule has 2 unspecified atom stereocenters. The van der Waals surface area contributed by atoms with Crippen molar-refractivity contribution in [1.29, 1.82) is 0 Å². The number of halogens is 1. The van der Waals surface area contributed by atoms with Gasteiger partial charge < -0.3 is 4.74 Å². The Morgan fingerprint density at radius 1 is 1.30 bits per heavy atom. The first-order chi connectivity index (χ1) is 9.43. The molecule has 0 bridgehead atoms. The Bertz CT molecular complexity index is 534. The quantitative estimate of drug-likeness (QED) is 0.475. The van der Waals surface area contributed by atoms with Gasteiger partial charge in [-0.05, 0) is 28.5 Å². The number of rotatable bonds is 5. The van der Waals surface area contributed by atoms with Crippen LogP contribution in [0.15, 0.2) is 42.5 Å². The largest absolute Gasteiger partial charge is 0.458 e. The summed E-state index contributed by atoms with van der Waals surface area (Å²) in [6.07, 6.45) is 3.10. The van der Waals surface area contributed by atoms with E-state index in [9.17, 15) is 9.59 Å². The van der Waals surface area contributed by atoms with E-state index in [1.54, 1.807) is 6.08 Å². The van der Waals surface area contributed by atoms with Crippen molar-refractivity contribution in [1.82, 2.24) is 0 Å². The molecule has 0 radical (unpaired) electrons. The molecule has 1 fully saturated rings. The fourth-order valence-corrected chi connectivity index (χ4v) is 2.85. The van der Waals surface area contributed by atoms with Crippen molar-refractivity contribution in [3.63, 3.8) is 0 Å². The smallest absolute Gasteiger partial charge is 0.330 e. The van der Waals surface area contributed by atoms with Crippen molar-refractivity contribution in [3.05, 3.63) is 48.0 Å². The van der Waals surface area contributed by atoms with Gasteiger partial charge in [0.2, 0.25) is 5.24 Å². The van der Waals surface area contributed by atoms with Crippen molar-refractivity contribution in [2.24, 2.45) is 17.3 Å². The Labute approximate surface area is 123 Å². The summed E-state index contributed by atoms with van der Waals surface area (Å²) in [5.74, 6) is -0.601. The zero-order valence-electron chi connectivity index (χ0n) is 11.5. The molecular weight excluding hydrogens is 276 g/mol. The minimum absolute atomic E-state index is 0.0109. The molecule has 4 heteroatoms. The maximum Gasteiger partial charge on any atom is 0.330 e. The molecule has 0 aromatic heterocycles. The molecule has 1 aliphatic carbocycles. The number of hydrogen-bond donors (Lipinski definition) is 0. The molecule has 106 valence electrons. The van der Waals surface area contributed by atoms with Gasteiger partial charge in [-0.15, -0.1) is 0 Å². The minimum atomic E-state index is -0.405. The monoisotopic (exact) mass is 292 g/mol. The number of carbonyl (C=O) groups is 2. The highest BCUT2D eigenvalue weighted by Crippen LogP contribution is 2.59. The van der Waals surface area contributed by atoms with Crippen molar-refractivity contribution in [3.8, 4) is 0 Å². The van der Waals surface area contributed by atoms with E-state index in [0.717, 1.165) is 5.56 Å². The fourth-order valence-electron chi connectivity index (χ4n) is 2.43. The predicted molar refractivity (Wildman–Crippen MR) is 77.0 cm³/mol. The SMILES string of the molecule is CC1(C)C(C=CC(=O)OCc2ccccc2)C1C(=O)Cl. The minimum Gasteiger partial charge on any atom is -0.458 e. The van der Waals surface area contributed by atoms with Crippen LogP contribution in [0.1, 0.15) is 19.4 Å². The van der Waals surface area contributed by atoms with Crippen LogP contribution >= 0.6 is 11.6 Å². The van der Waals surface area contributed by atoms with Gasteiger partial charge in [-0.3, -0.25) is 4.79 Å². The first kappa shape index (κ1) is 14.8. The van der Waals surface area contributed by atoms with Crippen LogP contribution in [0.5, 0.6) is 0 Å². The highest BCUT2D eigenvalue weighted by molar-refractivity contribution is 6.64. The molecule has 1 saturated carbocycles. The second-order valence-electron chi connectivity index (χ2n) is 5.58. The molecule has 2 rings (SSSR count). The van der Waals surface area contributed by atoms with Crippen LogP contribution in [-0.2, 0) is 20.9 Å². The molecule has 20 heavy (non-hydrogen) atoms. The molecule has 0 aliphatic heterocycles. The Kier molecular flexibility index (Phi) is 4.29. The van der Waals surface area contributed by atoms with Crippen molar-refractivity contribution >= 4 is 22.8 Å². The van der Waals surface area contributed by atoms with E-state index in [1.807, 2.05) is 44.2 Å². The average Bonchev–Trinajstić information content (AvgIpc) is 2.97. The zero-order chi connectivity index (χ0) is 14.8. The Morgan fingerprint density at radius 2 is 1.95 bits per heavy atom. The van der Waals surface area contributed by atoms with Gasteiger partial charge in [0.05, 0.1) is 0 Å². The highest BCUT2D eigenvalue weighted by Gasteiger charge is 2.59.